The molecule has 0 aromatic carbocycles. The highest BCUT2D eigenvalue weighted by atomic mass is 35.5. The average Bonchev–Trinajstić information content (AvgIpc) is 3.18. The van der Waals surface area contributed by atoms with E-state index in [-0.39, 0.29) is 18.1 Å². The van der Waals surface area contributed by atoms with Crippen molar-refractivity contribution in [3.05, 3.63) is 41.4 Å². The van der Waals surface area contributed by atoms with Gasteiger partial charge in [0.25, 0.3) is 5.91 Å². The maximum absolute atomic E-state index is 12.3. The third-order valence-electron chi connectivity index (χ3n) is 3.58. The van der Waals surface area contributed by atoms with E-state index in [2.05, 4.69) is 15.4 Å². The van der Waals surface area contributed by atoms with Gasteiger partial charge in [0, 0.05) is 18.9 Å². The molecule has 1 fully saturated rings. The highest BCUT2D eigenvalue weighted by molar-refractivity contribution is 6.33. The van der Waals surface area contributed by atoms with Crippen LogP contribution in [-0.2, 0) is 11.3 Å². The van der Waals surface area contributed by atoms with Crippen LogP contribution in [0.4, 0.5) is 0 Å². The molecule has 1 saturated heterocycles. The van der Waals surface area contributed by atoms with Crippen LogP contribution in [0.5, 0.6) is 5.75 Å². The number of halogens is 1. The SMILES string of the molecule is CCn1cc(O[C@@H]2COC[C@@H]2NC(=O)c2ccncc2Cl)cn1. The molecule has 8 heteroatoms. The summed E-state index contributed by atoms with van der Waals surface area (Å²) in [6.45, 7) is 3.57. The Bertz CT molecular complexity index is 691. The van der Waals surface area contributed by atoms with Crippen LogP contribution in [0.25, 0.3) is 0 Å². The Kier molecular flexibility index (Phi) is 4.78. The van der Waals surface area contributed by atoms with Crippen molar-refractivity contribution >= 4 is 17.5 Å². The number of hydrogen-bond acceptors (Lipinski definition) is 5. The van der Waals surface area contributed by atoms with Gasteiger partial charge in [0.15, 0.2) is 5.75 Å². The van der Waals surface area contributed by atoms with Crippen molar-refractivity contribution in [3.8, 4) is 5.75 Å². The number of amides is 1. The van der Waals surface area contributed by atoms with E-state index in [0.717, 1.165) is 6.54 Å². The molecule has 1 aliphatic heterocycles. The fourth-order valence-electron chi connectivity index (χ4n) is 2.34. The molecule has 3 rings (SSSR count). The van der Waals surface area contributed by atoms with Gasteiger partial charge in [-0.1, -0.05) is 11.6 Å². The topological polar surface area (TPSA) is 78.3 Å². The number of pyridine rings is 1. The summed E-state index contributed by atoms with van der Waals surface area (Å²) >= 11 is 5.99. The first-order valence-corrected chi connectivity index (χ1v) is 7.72. The van der Waals surface area contributed by atoms with Gasteiger partial charge in [-0.25, -0.2) is 0 Å². The van der Waals surface area contributed by atoms with Crippen molar-refractivity contribution in [1.29, 1.82) is 0 Å². The van der Waals surface area contributed by atoms with Crippen molar-refractivity contribution in [2.75, 3.05) is 13.2 Å². The van der Waals surface area contributed by atoms with Gasteiger partial charge < -0.3 is 14.8 Å². The Labute approximate surface area is 138 Å². The van der Waals surface area contributed by atoms with Gasteiger partial charge in [-0.15, -0.1) is 0 Å². The van der Waals surface area contributed by atoms with E-state index in [4.69, 9.17) is 21.1 Å². The summed E-state index contributed by atoms with van der Waals surface area (Å²) in [7, 11) is 0. The van der Waals surface area contributed by atoms with E-state index in [1.54, 1.807) is 16.9 Å². The number of carbonyl (C=O) groups is 1. The van der Waals surface area contributed by atoms with Crippen LogP contribution in [0.15, 0.2) is 30.9 Å². The first-order valence-electron chi connectivity index (χ1n) is 7.34. The summed E-state index contributed by atoms with van der Waals surface area (Å²) < 4.78 is 13.1. The molecule has 7 nitrogen and oxygen atoms in total. The number of aryl methyl sites for hydroxylation is 1. The number of aromatic nitrogens is 3. The lowest BCUT2D eigenvalue weighted by molar-refractivity contribution is 0.0904. The molecule has 0 spiro atoms. The fourth-order valence-corrected chi connectivity index (χ4v) is 2.55. The van der Waals surface area contributed by atoms with Gasteiger partial charge in [-0.05, 0) is 13.0 Å². The number of nitrogens with one attached hydrogen (secondary N) is 1. The zero-order chi connectivity index (χ0) is 16.2. The smallest absolute Gasteiger partial charge is 0.253 e. The second-order valence-corrected chi connectivity index (χ2v) is 5.57. The van der Waals surface area contributed by atoms with Crippen LogP contribution in [0.1, 0.15) is 17.3 Å². The molecule has 0 aliphatic carbocycles. The first-order chi connectivity index (χ1) is 11.2. The third kappa shape index (κ3) is 3.62. The van der Waals surface area contributed by atoms with Gasteiger partial charge in [0.05, 0.1) is 42.2 Å². The Morgan fingerprint density at radius 2 is 2.39 bits per heavy atom. The van der Waals surface area contributed by atoms with E-state index in [1.165, 1.54) is 12.4 Å². The molecule has 122 valence electrons. The van der Waals surface area contributed by atoms with Crippen LogP contribution in [-0.4, -0.2) is 46.0 Å². The Hall–Kier alpha value is -2.12. The monoisotopic (exact) mass is 336 g/mol. The summed E-state index contributed by atoms with van der Waals surface area (Å²) in [6.07, 6.45) is 6.17. The third-order valence-corrected chi connectivity index (χ3v) is 3.88. The molecule has 2 aromatic heterocycles. The molecule has 1 amide bonds. The van der Waals surface area contributed by atoms with E-state index in [0.29, 0.717) is 29.5 Å². The Morgan fingerprint density at radius 3 is 3.13 bits per heavy atom. The van der Waals surface area contributed by atoms with Gasteiger partial charge >= 0.3 is 0 Å². The molecule has 3 heterocycles. The Balaban J connectivity index is 1.65. The first kappa shape index (κ1) is 15.8. The standard InChI is InChI=1S/C15H17ClN4O3/c1-2-20-7-10(5-18-20)23-14-9-22-8-13(14)19-15(21)11-3-4-17-6-12(11)16/h3-7,13-14H,2,8-9H2,1H3,(H,19,21)/t13-,14+/m0/s1. The molecule has 0 radical (unpaired) electrons. The van der Waals surface area contributed by atoms with Crippen LogP contribution >= 0.6 is 11.6 Å². The van der Waals surface area contributed by atoms with E-state index in [1.807, 2.05) is 13.1 Å². The minimum absolute atomic E-state index is 0.253. The highest BCUT2D eigenvalue weighted by Crippen LogP contribution is 2.18. The predicted octanol–water partition coefficient (Wildman–Crippen LogP) is 1.53. The zero-order valence-electron chi connectivity index (χ0n) is 12.6. The fraction of sp³-hybridized carbons (Fsp3) is 0.400. The van der Waals surface area contributed by atoms with Crippen molar-refractivity contribution in [3.63, 3.8) is 0 Å². The van der Waals surface area contributed by atoms with Crippen LogP contribution in [0, 0.1) is 0 Å². The molecule has 0 saturated carbocycles. The van der Waals surface area contributed by atoms with Gasteiger partial charge in [-0.3, -0.25) is 14.5 Å². The predicted molar refractivity (Wildman–Crippen MR) is 83.6 cm³/mol. The van der Waals surface area contributed by atoms with E-state index < -0.39 is 0 Å². The van der Waals surface area contributed by atoms with Crippen molar-refractivity contribution < 1.29 is 14.3 Å². The largest absolute Gasteiger partial charge is 0.482 e. The number of hydrogen-bond donors (Lipinski definition) is 1. The molecule has 1 N–H and O–H groups in total. The van der Waals surface area contributed by atoms with Crippen molar-refractivity contribution in [2.45, 2.75) is 25.6 Å². The molecule has 23 heavy (non-hydrogen) atoms. The lowest BCUT2D eigenvalue weighted by atomic mass is 10.2. The molecular formula is C15H17ClN4O3. The summed E-state index contributed by atoms with van der Waals surface area (Å²) in [4.78, 5) is 16.2. The Morgan fingerprint density at radius 1 is 1.52 bits per heavy atom. The summed E-state index contributed by atoms with van der Waals surface area (Å²) in [5, 5.41) is 7.37. The summed E-state index contributed by atoms with van der Waals surface area (Å²) in [5.74, 6) is 0.384. The number of carbonyl (C=O) groups excluding carboxylic acids is 1. The van der Waals surface area contributed by atoms with Gasteiger partial charge in [0.2, 0.25) is 0 Å². The normalized spacial score (nSPS) is 20.4. The minimum atomic E-state index is -0.272. The summed E-state index contributed by atoms with van der Waals surface area (Å²) in [5.41, 5.74) is 0.381. The lowest BCUT2D eigenvalue weighted by Gasteiger charge is -2.19. The van der Waals surface area contributed by atoms with E-state index in [9.17, 15) is 4.79 Å². The quantitative estimate of drug-likeness (QED) is 0.895. The maximum atomic E-state index is 12.3. The minimum Gasteiger partial charge on any atom is -0.482 e. The van der Waals surface area contributed by atoms with Crippen molar-refractivity contribution in [2.24, 2.45) is 0 Å². The molecule has 2 aromatic rings. The van der Waals surface area contributed by atoms with Crippen LogP contribution in [0.3, 0.4) is 0 Å². The maximum Gasteiger partial charge on any atom is 0.253 e. The zero-order valence-corrected chi connectivity index (χ0v) is 13.4. The molecule has 1 aliphatic rings. The number of rotatable bonds is 5. The molecule has 2 atom stereocenters. The average molecular weight is 337 g/mol. The molecule has 0 bridgehead atoms. The molecular weight excluding hydrogens is 320 g/mol. The lowest BCUT2D eigenvalue weighted by Crippen LogP contribution is -2.45. The van der Waals surface area contributed by atoms with Gasteiger partial charge in [-0.2, -0.15) is 5.10 Å². The summed E-state index contributed by atoms with van der Waals surface area (Å²) in [6, 6.07) is 1.32. The second-order valence-electron chi connectivity index (χ2n) is 5.16. The highest BCUT2D eigenvalue weighted by Gasteiger charge is 2.32. The van der Waals surface area contributed by atoms with Crippen LogP contribution in [0.2, 0.25) is 5.02 Å². The van der Waals surface area contributed by atoms with Crippen LogP contribution < -0.4 is 10.1 Å². The van der Waals surface area contributed by atoms with Crippen molar-refractivity contribution in [1.82, 2.24) is 20.1 Å². The van der Waals surface area contributed by atoms with Gasteiger partial charge in [0.1, 0.15) is 6.10 Å². The second kappa shape index (κ2) is 6.97. The molecule has 0 unspecified atom stereocenters. The number of nitrogens with zero attached hydrogens (tertiary/aromatic N) is 3. The number of ether oxygens (including phenoxy) is 2. The van der Waals surface area contributed by atoms with E-state index >= 15 is 0 Å².